The third kappa shape index (κ3) is 5.03. The summed E-state index contributed by atoms with van der Waals surface area (Å²) in [7, 11) is 0. The highest BCUT2D eigenvalue weighted by Crippen LogP contribution is 2.29. The summed E-state index contributed by atoms with van der Waals surface area (Å²) in [5.74, 6) is 0.844. The lowest BCUT2D eigenvalue weighted by molar-refractivity contribution is -0.113. The maximum Gasteiger partial charge on any atom is 0.234 e. The second-order valence-corrected chi connectivity index (χ2v) is 8.71. The van der Waals surface area contributed by atoms with Crippen LogP contribution in [0.15, 0.2) is 78.0 Å². The molecule has 0 saturated heterocycles. The molecule has 4 aromatic rings. The lowest BCUT2D eigenvalue weighted by atomic mass is 10.1. The van der Waals surface area contributed by atoms with Gasteiger partial charge in [-0.25, -0.2) is 0 Å². The second kappa shape index (κ2) is 10.0. The van der Waals surface area contributed by atoms with Crippen LogP contribution in [0.3, 0.4) is 0 Å². The fraction of sp³-hybridized carbons (Fsp3) is 0.160. The molecule has 1 amide bonds. The van der Waals surface area contributed by atoms with Crippen LogP contribution < -0.4 is 5.32 Å². The zero-order valence-corrected chi connectivity index (χ0v) is 19.5. The van der Waals surface area contributed by atoms with E-state index >= 15 is 0 Å². The normalized spacial score (nSPS) is 10.8. The fourth-order valence-corrected chi connectivity index (χ4v) is 4.29. The first-order valence-corrected chi connectivity index (χ1v) is 11.7. The van der Waals surface area contributed by atoms with Crippen LogP contribution in [0.2, 0.25) is 5.02 Å². The van der Waals surface area contributed by atoms with Crippen LogP contribution in [0.4, 0.5) is 5.69 Å². The molecule has 0 aliphatic heterocycles. The van der Waals surface area contributed by atoms with E-state index in [2.05, 4.69) is 28.5 Å². The molecule has 4 rings (SSSR count). The number of para-hydroxylation sites is 1. The number of halogens is 1. The minimum Gasteiger partial charge on any atom is -0.325 e. The number of thioether (sulfide) groups is 1. The standard InChI is InChI=1S/C25H23ClN4OS/c1-3-18-8-4-5-10-22(18)27-23(31)16-32-25-29-28-24(19-11-13-20(26)14-12-19)30(25)21-9-6-7-17(2)15-21/h4-15H,3,16H2,1-2H3,(H,27,31). The fourth-order valence-electron chi connectivity index (χ4n) is 3.42. The minimum absolute atomic E-state index is 0.0808. The van der Waals surface area contributed by atoms with Crippen LogP contribution >= 0.6 is 23.4 Å². The maximum atomic E-state index is 12.7. The summed E-state index contributed by atoms with van der Waals surface area (Å²) < 4.78 is 1.98. The Morgan fingerprint density at radius 3 is 2.56 bits per heavy atom. The first-order chi connectivity index (χ1) is 15.5. The number of hydrogen-bond acceptors (Lipinski definition) is 4. The molecule has 7 heteroatoms. The third-order valence-corrected chi connectivity index (χ3v) is 6.18. The molecule has 0 spiro atoms. The number of rotatable bonds is 7. The molecule has 0 fully saturated rings. The highest BCUT2D eigenvalue weighted by molar-refractivity contribution is 7.99. The van der Waals surface area contributed by atoms with Crippen LogP contribution in [0.5, 0.6) is 0 Å². The SMILES string of the molecule is CCc1ccccc1NC(=O)CSc1nnc(-c2ccc(Cl)cc2)n1-c1cccc(C)c1. The first kappa shape index (κ1) is 22.1. The minimum atomic E-state index is -0.0808. The summed E-state index contributed by atoms with van der Waals surface area (Å²) in [4.78, 5) is 12.7. The number of carbonyl (C=O) groups excluding carboxylic acids is 1. The molecule has 0 aliphatic rings. The van der Waals surface area contributed by atoms with Crippen LogP contribution in [0.1, 0.15) is 18.1 Å². The summed E-state index contributed by atoms with van der Waals surface area (Å²) in [6.45, 7) is 4.11. The van der Waals surface area contributed by atoms with Crippen molar-refractivity contribution in [2.45, 2.75) is 25.4 Å². The number of benzene rings is 3. The number of nitrogens with one attached hydrogen (secondary N) is 1. The van der Waals surface area contributed by atoms with Crippen molar-refractivity contribution in [3.8, 4) is 17.1 Å². The number of anilines is 1. The number of hydrogen-bond donors (Lipinski definition) is 1. The van der Waals surface area contributed by atoms with Crippen molar-refractivity contribution in [2.24, 2.45) is 0 Å². The second-order valence-electron chi connectivity index (χ2n) is 7.34. The molecule has 1 N–H and O–H groups in total. The van der Waals surface area contributed by atoms with Gasteiger partial charge in [0.05, 0.1) is 5.75 Å². The van der Waals surface area contributed by atoms with Gasteiger partial charge in [0.1, 0.15) is 0 Å². The van der Waals surface area contributed by atoms with E-state index in [4.69, 9.17) is 11.6 Å². The Hall–Kier alpha value is -3.09. The molecule has 1 aromatic heterocycles. The Morgan fingerprint density at radius 2 is 1.81 bits per heavy atom. The van der Waals surface area contributed by atoms with Crippen LogP contribution in [-0.4, -0.2) is 26.4 Å². The van der Waals surface area contributed by atoms with Gasteiger partial charge in [0.15, 0.2) is 11.0 Å². The molecular formula is C25H23ClN4OS. The molecule has 32 heavy (non-hydrogen) atoms. The average Bonchev–Trinajstić information content (AvgIpc) is 3.22. The maximum absolute atomic E-state index is 12.7. The predicted molar refractivity (Wildman–Crippen MR) is 132 cm³/mol. The number of nitrogens with zero attached hydrogens (tertiary/aromatic N) is 3. The van der Waals surface area contributed by atoms with Gasteiger partial charge in [0.25, 0.3) is 0 Å². The summed E-state index contributed by atoms with van der Waals surface area (Å²) in [5.41, 5.74) is 4.93. The smallest absolute Gasteiger partial charge is 0.234 e. The van der Waals surface area contributed by atoms with Crippen molar-refractivity contribution in [1.82, 2.24) is 14.8 Å². The van der Waals surface area contributed by atoms with Gasteiger partial charge < -0.3 is 5.32 Å². The van der Waals surface area contributed by atoms with Crippen molar-refractivity contribution in [3.05, 3.63) is 88.9 Å². The third-order valence-electron chi connectivity index (χ3n) is 5.00. The summed E-state index contributed by atoms with van der Waals surface area (Å²) in [6, 6.07) is 23.5. The Bertz CT molecular complexity index is 1240. The summed E-state index contributed by atoms with van der Waals surface area (Å²) >= 11 is 7.42. The van der Waals surface area contributed by atoms with Gasteiger partial charge in [-0.2, -0.15) is 0 Å². The summed E-state index contributed by atoms with van der Waals surface area (Å²) in [6.07, 6.45) is 0.857. The molecule has 0 saturated carbocycles. The van der Waals surface area contributed by atoms with Crippen molar-refractivity contribution in [3.63, 3.8) is 0 Å². The van der Waals surface area contributed by atoms with E-state index in [1.54, 1.807) is 0 Å². The number of carbonyl (C=O) groups is 1. The molecule has 0 bridgehead atoms. The molecule has 0 radical (unpaired) electrons. The van der Waals surface area contributed by atoms with Gasteiger partial charge in [-0.1, -0.05) is 60.6 Å². The molecule has 3 aromatic carbocycles. The Balaban J connectivity index is 1.61. The van der Waals surface area contributed by atoms with Gasteiger partial charge in [0.2, 0.25) is 5.91 Å². The van der Waals surface area contributed by atoms with Crippen molar-refractivity contribution >= 4 is 35.0 Å². The summed E-state index contributed by atoms with van der Waals surface area (Å²) in [5, 5.41) is 13.2. The van der Waals surface area contributed by atoms with Crippen LogP contribution in [-0.2, 0) is 11.2 Å². The van der Waals surface area contributed by atoms with E-state index in [-0.39, 0.29) is 11.7 Å². The van der Waals surface area contributed by atoms with Gasteiger partial charge in [0, 0.05) is 22.0 Å². The van der Waals surface area contributed by atoms with Crippen molar-refractivity contribution in [1.29, 1.82) is 0 Å². The van der Waals surface area contributed by atoms with Gasteiger partial charge >= 0.3 is 0 Å². The van der Waals surface area contributed by atoms with E-state index in [9.17, 15) is 4.79 Å². The number of aromatic nitrogens is 3. The lowest BCUT2D eigenvalue weighted by Gasteiger charge is -2.12. The van der Waals surface area contributed by atoms with E-state index in [1.165, 1.54) is 11.8 Å². The lowest BCUT2D eigenvalue weighted by Crippen LogP contribution is -2.15. The van der Waals surface area contributed by atoms with E-state index in [0.29, 0.717) is 16.0 Å². The molecule has 0 aliphatic carbocycles. The highest BCUT2D eigenvalue weighted by atomic mass is 35.5. The van der Waals surface area contributed by atoms with E-state index in [1.807, 2.05) is 78.2 Å². The monoisotopic (exact) mass is 462 g/mol. The molecule has 1 heterocycles. The number of amides is 1. The molecule has 0 unspecified atom stereocenters. The van der Waals surface area contributed by atoms with E-state index < -0.39 is 0 Å². The van der Waals surface area contributed by atoms with Crippen molar-refractivity contribution < 1.29 is 4.79 Å². The Labute approximate surface area is 196 Å². The highest BCUT2D eigenvalue weighted by Gasteiger charge is 2.18. The molecular weight excluding hydrogens is 440 g/mol. The predicted octanol–water partition coefficient (Wildman–Crippen LogP) is 6.19. The number of aryl methyl sites for hydroxylation is 2. The largest absolute Gasteiger partial charge is 0.325 e. The van der Waals surface area contributed by atoms with Gasteiger partial charge in [-0.05, 0) is 66.9 Å². The Kier molecular flexibility index (Phi) is 6.93. The zero-order chi connectivity index (χ0) is 22.5. The van der Waals surface area contributed by atoms with Gasteiger partial charge in [-0.3, -0.25) is 9.36 Å². The van der Waals surface area contributed by atoms with E-state index in [0.717, 1.165) is 34.5 Å². The Morgan fingerprint density at radius 1 is 1.03 bits per heavy atom. The van der Waals surface area contributed by atoms with Crippen LogP contribution in [0.25, 0.3) is 17.1 Å². The zero-order valence-electron chi connectivity index (χ0n) is 17.9. The molecule has 5 nitrogen and oxygen atoms in total. The quantitative estimate of drug-likeness (QED) is 0.333. The molecule has 162 valence electrons. The average molecular weight is 463 g/mol. The van der Waals surface area contributed by atoms with Crippen molar-refractivity contribution in [2.75, 3.05) is 11.1 Å². The van der Waals surface area contributed by atoms with Crippen LogP contribution in [0, 0.1) is 6.92 Å². The first-order valence-electron chi connectivity index (χ1n) is 10.3. The van der Waals surface area contributed by atoms with Gasteiger partial charge in [-0.15, -0.1) is 10.2 Å². The molecule has 0 atom stereocenters. The topological polar surface area (TPSA) is 59.8 Å².